The quantitative estimate of drug-likeness (QED) is 0.496. The molecule has 96 valence electrons. The number of carboxylic acid groups (broad SMARTS) is 1. The first-order chi connectivity index (χ1) is 7.82. The minimum Gasteiger partial charge on any atom is -0.481 e. The van der Waals surface area contributed by atoms with E-state index in [0.717, 1.165) is 0 Å². The van der Waals surface area contributed by atoms with Crippen LogP contribution in [0.1, 0.15) is 20.3 Å². The topological polar surface area (TPSA) is 92.7 Å². The number of rotatable bonds is 7. The van der Waals surface area contributed by atoms with Gasteiger partial charge in [0.1, 0.15) is 0 Å². The van der Waals surface area contributed by atoms with Crippen molar-refractivity contribution in [1.29, 1.82) is 0 Å². The average Bonchev–Trinajstić information content (AvgIpc) is 2.20. The Labute approximate surface area is 99.6 Å². The van der Waals surface area contributed by atoms with E-state index < -0.39 is 17.9 Å². The summed E-state index contributed by atoms with van der Waals surface area (Å²) in [6.45, 7) is 6.34. The lowest BCUT2D eigenvalue weighted by atomic mass is 10.1. The summed E-state index contributed by atoms with van der Waals surface area (Å²) >= 11 is 0. The van der Waals surface area contributed by atoms with Crippen LogP contribution in [0.2, 0.25) is 0 Å². The third kappa shape index (κ3) is 8.01. The Kier molecular flexibility index (Phi) is 6.62. The van der Waals surface area contributed by atoms with Crippen LogP contribution in [0.15, 0.2) is 12.2 Å². The summed E-state index contributed by atoms with van der Waals surface area (Å²) in [5, 5.41) is 11.1. The molecule has 0 spiro atoms. The monoisotopic (exact) mass is 243 g/mol. The fourth-order valence-corrected chi connectivity index (χ4v) is 1.04. The summed E-state index contributed by atoms with van der Waals surface area (Å²) in [6, 6.07) is 0. The molecule has 0 radical (unpaired) electrons. The Bertz CT molecular complexity index is 324. The van der Waals surface area contributed by atoms with E-state index in [0.29, 0.717) is 0 Å². The zero-order valence-corrected chi connectivity index (χ0v) is 9.99. The molecule has 0 rings (SSSR count). The van der Waals surface area contributed by atoms with Crippen molar-refractivity contribution in [3.8, 4) is 0 Å². The van der Waals surface area contributed by atoms with Gasteiger partial charge in [-0.2, -0.15) is 0 Å². The van der Waals surface area contributed by atoms with Gasteiger partial charge in [0.25, 0.3) is 0 Å². The van der Waals surface area contributed by atoms with E-state index in [2.05, 4.69) is 11.9 Å². The summed E-state index contributed by atoms with van der Waals surface area (Å²) in [4.78, 5) is 32.4. The first kappa shape index (κ1) is 15.2. The molecule has 1 atom stereocenters. The number of carboxylic acids is 1. The van der Waals surface area contributed by atoms with Gasteiger partial charge in [-0.25, -0.2) is 4.79 Å². The summed E-state index contributed by atoms with van der Waals surface area (Å²) in [7, 11) is 0. The number of amides is 1. The first-order valence-corrected chi connectivity index (χ1v) is 5.11. The van der Waals surface area contributed by atoms with Gasteiger partial charge in [0.2, 0.25) is 5.91 Å². The molecule has 0 fully saturated rings. The van der Waals surface area contributed by atoms with Crippen molar-refractivity contribution in [2.24, 2.45) is 5.92 Å². The lowest BCUT2D eigenvalue weighted by molar-refractivity contribution is -0.144. The van der Waals surface area contributed by atoms with E-state index in [1.165, 1.54) is 13.8 Å². The Morgan fingerprint density at radius 1 is 1.35 bits per heavy atom. The van der Waals surface area contributed by atoms with Crippen LogP contribution in [0.3, 0.4) is 0 Å². The molecule has 0 heterocycles. The van der Waals surface area contributed by atoms with Gasteiger partial charge in [0, 0.05) is 25.0 Å². The van der Waals surface area contributed by atoms with E-state index >= 15 is 0 Å². The highest BCUT2D eigenvalue weighted by molar-refractivity contribution is 5.86. The van der Waals surface area contributed by atoms with Crippen LogP contribution in [-0.4, -0.2) is 36.1 Å². The minimum atomic E-state index is -1.01. The highest BCUT2D eigenvalue weighted by Gasteiger charge is 2.16. The lowest BCUT2D eigenvalue weighted by Crippen LogP contribution is -2.31. The maximum atomic E-state index is 11.1. The smallest absolute Gasteiger partial charge is 0.333 e. The molecule has 17 heavy (non-hydrogen) atoms. The molecule has 0 saturated heterocycles. The van der Waals surface area contributed by atoms with E-state index in [1.807, 2.05) is 0 Å². The zero-order chi connectivity index (χ0) is 13.4. The Balaban J connectivity index is 4.18. The normalized spacial score (nSPS) is 11.4. The van der Waals surface area contributed by atoms with Gasteiger partial charge in [-0.1, -0.05) is 6.58 Å². The number of carbonyl (C=O) groups is 3. The largest absolute Gasteiger partial charge is 0.481 e. The summed E-state index contributed by atoms with van der Waals surface area (Å²) in [6.07, 6.45) is -0.177. The van der Waals surface area contributed by atoms with Crippen LogP contribution in [0.5, 0.6) is 0 Å². The molecule has 0 aliphatic rings. The maximum Gasteiger partial charge on any atom is 0.333 e. The first-order valence-electron chi connectivity index (χ1n) is 5.11. The number of carbonyl (C=O) groups excluding carboxylic acids is 2. The average molecular weight is 243 g/mol. The van der Waals surface area contributed by atoms with E-state index in [9.17, 15) is 14.4 Å². The molecule has 6 nitrogen and oxygen atoms in total. The van der Waals surface area contributed by atoms with Gasteiger partial charge in [-0.3, -0.25) is 9.59 Å². The molecule has 0 aromatic carbocycles. The van der Waals surface area contributed by atoms with Gasteiger partial charge in [0.15, 0.2) is 0 Å². The predicted molar refractivity (Wildman–Crippen MR) is 60.2 cm³/mol. The lowest BCUT2D eigenvalue weighted by Gasteiger charge is -2.15. The van der Waals surface area contributed by atoms with Crippen molar-refractivity contribution in [3.63, 3.8) is 0 Å². The van der Waals surface area contributed by atoms with Crippen LogP contribution in [0.4, 0.5) is 0 Å². The maximum absolute atomic E-state index is 11.1. The van der Waals surface area contributed by atoms with Crippen LogP contribution in [-0.2, 0) is 19.1 Å². The molecule has 2 N–H and O–H groups in total. The Hall–Kier alpha value is -1.85. The van der Waals surface area contributed by atoms with Gasteiger partial charge in [-0.15, -0.1) is 0 Å². The fourth-order valence-electron chi connectivity index (χ4n) is 1.04. The fraction of sp³-hybridized carbons (Fsp3) is 0.545. The van der Waals surface area contributed by atoms with Crippen LogP contribution in [0.25, 0.3) is 0 Å². The SMILES string of the molecule is C=C(C)C(=O)OCC(CNC(C)=O)CC(=O)O. The van der Waals surface area contributed by atoms with Gasteiger partial charge in [-0.05, 0) is 6.92 Å². The predicted octanol–water partition coefficient (Wildman–Crippen LogP) is 0.333. The molecule has 0 bridgehead atoms. The van der Waals surface area contributed by atoms with Crippen molar-refractivity contribution < 1.29 is 24.2 Å². The number of hydrogen-bond acceptors (Lipinski definition) is 4. The molecule has 0 aromatic heterocycles. The van der Waals surface area contributed by atoms with Gasteiger partial charge < -0.3 is 15.2 Å². The molecule has 6 heteroatoms. The minimum absolute atomic E-state index is 0.0573. The number of nitrogens with one attached hydrogen (secondary N) is 1. The zero-order valence-electron chi connectivity index (χ0n) is 9.99. The van der Waals surface area contributed by atoms with Gasteiger partial charge >= 0.3 is 11.9 Å². The number of hydrogen-bond donors (Lipinski definition) is 2. The number of esters is 1. The molecular formula is C11H17NO5. The third-order valence-corrected chi connectivity index (χ3v) is 1.90. The highest BCUT2D eigenvalue weighted by atomic mass is 16.5. The molecule has 0 aliphatic heterocycles. The Morgan fingerprint density at radius 3 is 2.35 bits per heavy atom. The summed E-state index contributed by atoms with van der Waals surface area (Å²) in [5.74, 6) is -2.28. The van der Waals surface area contributed by atoms with Crippen LogP contribution in [0, 0.1) is 5.92 Å². The second kappa shape index (κ2) is 7.43. The van der Waals surface area contributed by atoms with E-state index in [1.54, 1.807) is 0 Å². The standard InChI is InChI=1S/C11H17NO5/c1-7(2)11(16)17-6-9(4-10(14)15)5-12-8(3)13/h9H,1,4-6H2,2-3H3,(H,12,13)(H,14,15). The highest BCUT2D eigenvalue weighted by Crippen LogP contribution is 2.05. The Morgan fingerprint density at radius 2 is 1.94 bits per heavy atom. The second-order valence-electron chi connectivity index (χ2n) is 3.78. The summed E-state index contributed by atoms with van der Waals surface area (Å²) in [5.41, 5.74) is 0.249. The second-order valence-corrected chi connectivity index (χ2v) is 3.78. The van der Waals surface area contributed by atoms with Crippen molar-refractivity contribution in [1.82, 2.24) is 5.32 Å². The molecule has 1 unspecified atom stereocenters. The van der Waals surface area contributed by atoms with E-state index in [-0.39, 0.29) is 31.1 Å². The number of ether oxygens (including phenoxy) is 1. The molecule has 0 aromatic rings. The molecule has 1 amide bonds. The third-order valence-electron chi connectivity index (χ3n) is 1.90. The molecular weight excluding hydrogens is 226 g/mol. The molecule has 0 saturated carbocycles. The van der Waals surface area contributed by atoms with Crippen LogP contribution >= 0.6 is 0 Å². The van der Waals surface area contributed by atoms with Crippen LogP contribution < -0.4 is 5.32 Å². The van der Waals surface area contributed by atoms with Crippen molar-refractivity contribution in [2.75, 3.05) is 13.2 Å². The van der Waals surface area contributed by atoms with Crippen molar-refractivity contribution in [2.45, 2.75) is 20.3 Å². The molecule has 0 aliphatic carbocycles. The van der Waals surface area contributed by atoms with E-state index in [4.69, 9.17) is 9.84 Å². The van der Waals surface area contributed by atoms with Crippen molar-refractivity contribution >= 4 is 17.8 Å². The number of aliphatic carboxylic acids is 1. The van der Waals surface area contributed by atoms with Crippen molar-refractivity contribution in [3.05, 3.63) is 12.2 Å². The van der Waals surface area contributed by atoms with Gasteiger partial charge in [0.05, 0.1) is 13.0 Å². The summed E-state index contributed by atoms with van der Waals surface area (Å²) < 4.78 is 4.85.